The van der Waals surface area contributed by atoms with Crippen molar-refractivity contribution in [2.45, 2.75) is 51.4 Å². The molecular formula is C15H25N3O3. The maximum absolute atomic E-state index is 12.1. The number of rotatable bonds is 6. The fraction of sp³-hybridized carbons (Fsp3) is 0.733. The van der Waals surface area contributed by atoms with Crippen LogP contribution in [-0.2, 0) is 11.3 Å². The highest BCUT2D eigenvalue weighted by atomic mass is 16.5. The average Bonchev–Trinajstić information content (AvgIpc) is 2.50. The van der Waals surface area contributed by atoms with Gasteiger partial charge in [0.25, 0.3) is 5.56 Å². The van der Waals surface area contributed by atoms with E-state index in [4.69, 9.17) is 4.74 Å². The molecule has 1 aromatic heterocycles. The number of aliphatic hydroxyl groups is 1. The number of nitrogens with zero attached hydrogens (tertiary/aromatic N) is 3. The van der Waals surface area contributed by atoms with Gasteiger partial charge in [-0.15, -0.1) is 0 Å². The van der Waals surface area contributed by atoms with E-state index in [9.17, 15) is 9.90 Å². The van der Waals surface area contributed by atoms with Crippen LogP contribution in [0, 0.1) is 0 Å². The second kappa shape index (κ2) is 7.56. The first-order chi connectivity index (χ1) is 10.1. The highest BCUT2D eigenvalue weighted by Crippen LogP contribution is 2.18. The van der Waals surface area contributed by atoms with Gasteiger partial charge in [0.1, 0.15) is 0 Å². The first-order valence-electron chi connectivity index (χ1n) is 7.67. The Morgan fingerprint density at radius 1 is 1.48 bits per heavy atom. The molecule has 1 fully saturated rings. The van der Waals surface area contributed by atoms with Crippen LogP contribution in [0.2, 0.25) is 0 Å². The third-order valence-corrected chi connectivity index (χ3v) is 4.00. The van der Waals surface area contributed by atoms with Gasteiger partial charge in [0.2, 0.25) is 0 Å². The van der Waals surface area contributed by atoms with Crippen molar-refractivity contribution in [3.63, 3.8) is 0 Å². The van der Waals surface area contributed by atoms with E-state index in [1.165, 1.54) is 4.68 Å². The van der Waals surface area contributed by atoms with E-state index in [1.807, 2.05) is 6.92 Å². The molecule has 6 heteroatoms. The van der Waals surface area contributed by atoms with Crippen LogP contribution < -0.4 is 10.5 Å². The highest BCUT2D eigenvalue weighted by molar-refractivity contribution is 5.43. The predicted molar refractivity (Wildman–Crippen MR) is 81.7 cm³/mol. The number of ether oxygens (including phenoxy) is 1. The van der Waals surface area contributed by atoms with E-state index in [0.29, 0.717) is 12.5 Å². The quantitative estimate of drug-likeness (QED) is 0.848. The number of aliphatic hydroxyl groups excluding tert-OH is 1. The summed E-state index contributed by atoms with van der Waals surface area (Å²) in [6.07, 6.45) is 5.03. The van der Waals surface area contributed by atoms with Crippen LogP contribution in [0.4, 0.5) is 5.69 Å². The molecule has 0 amide bonds. The van der Waals surface area contributed by atoms with Gasteiger partial charge in [0.15, 0.2) is 0 Å². The minimum atomic E-state index is -0.511. The summed E-state index contributed by atoms with van der Waals surface area (Å²) in [5.41, 5.74) is 0.701. The fourth-order valence-electron chi connectivity index (χ4n) is 2.71. The van der Waals surface area contributed by atoms with Crippen molar-refractivity contribution in [3.05, 3.63) is 22.6 Å². The Hall–Kier alpha value is -1.40. The summed E-state index contributed by atoms with van der Waals surface area (Å²) in [4.78, 5) is 14.2. The van der Waals surface area contributed by atoms with Gasteiger partial charge in [0.05, 0.1) is 30.6 Å². The Balaban J connectivity index is 2.00. The molecule has 0 bridgehead atoms. The fourth-order valence-corrected chi connectivity index (χ4v) is 2.71. The van der Waals surface area contributed by atoms with E-state index in [-0.39, 0.29) is 12.1 Å². The standard InChI is InChI=1S/C15H25N3O3/c1-3-4-13(19)11-18-15(20)9-12(10-16-18)17-7-5-14(21-2)6-8-17/h9-10,13-14,19H,3-8,11H2,1-2H3. The lowest BCUT2D eigenvalue weighted by atomic mass is 10.1. The molecule has 0 aliphatic carbocycles. The van der Waals surface area contributed by atoms with Gasteiger partial charge in [-0.25, -0.2) is 4.68 Å². The molecule has 1 atom stereocenters. The smallest absolute Gasteiger partial charge is 0.268 e. The Kier molecular flexibility index (Phi) is 5.76. The molecule has 2 rings (SSSR count). The van der Waals surface area contributed by atoms with Gasteiger partial charge in [0, 0.05) is 26.3 Å². The summed E-state index contributed by atoms with van der Waals surface area (Å²) in [5.74, 6) is 0. The van der Waals surface area contributed by atoms with E-state index >= 15 is 0 Å². The molecule has 1 saturated heterocycles. The van der Waals surface area contributed by atoms with Crippen molar-refractivity contribution in [3.8, 4) is 0 Å². The number of hydrogen-bond acceptors (Lipinski definition) is 5. The van der Waals surface area contributed by atoms with Crippen LogP contribution in [-0.4, -0.2) is 47.3 Å². The maximum atomic E-state index is 12.1. The van der Waals surface area contributed by atoms with Crippen LogP contribution >= 0.6 is 0 Å². The Morgan fingerprint density at radius 2 is 2.19 bits per heavy atom. The van der Waals surface area contributed by atoms with Gasteiger partial charge in [-0.05, 0) is 19.3 Å². The Morgan fingerprint density at radius 3 is 2.76 bits per heavy atom. The summed E-state index contributed by atoms with van der Waals surface area (Å²) in [5, 5.41) is 14.0. The van der Waals surface area contributed by atoms with Gasteiger partial charge in [-0.3, -0.25) is 4.79 Å². The normalized spacial score (nSPS) is 18.0. The highest BCUT2D eigenvalue weighted by Gasteiger charge is 2.19. The number of methoxy groups -OCH3 is 1. The molecule has 21 heavy (non-hydrogen) atoms. The van der Waals surface area contributed by atoms with Crippen molar-refractivity contribution in [1.29, 1.82) is 0 Å². The lowest BCUT2D eigenvalue weighted by Crippen LogP contribution is -2.38. The van der Waals surface area contributed by atoms with E-state index in [2.05, 4.69) is 10.00 Å². The Labute approximate surface area is 125 Å². The second-order valence-electron chi connectivity index (χ2n) is 5.60. The third-order valence-electron chi connectivity index (χ3n) is 4.00. The summed E-state index contributed by atoms with van der Waals surface area (Å²) in [7, 11) is 1.74. The summed E-state index contributed by atoms with van der Waals surface area (Å²) in [6, 6.07) is 1.61. The molecule has 1 aromatic rings. The second-order valence-corrected chi connectivity index (χ2v) is 5.60. The van der Waals surface area contributed by atoms with Crippen molar-refractivity contribution in [1.82, 2.24) is 9.78 Å². The molecule has 0 spiro atoms. The number of aromatic nitrogens is 2. The summed E-state index contributed by atoms with van der Waals surface area (Å²) >= 11 is 0. The van der Waals surface area contributed by atoms with Crippen molar-refractivity contribution >= 4 is 5.69 Å². The van der Waals surface area contributed by atoms with Gasteiger partial charge in [-0.1, -0.05) is 13.3 Å². The largest absolute Gasteiger partial charge is 0.391 e. The zero-order chi connectivity index (χ0) is 15.2. The van der Waals surface area contributed by atoms with Crippen molar-refractivity contribution < 1.29 is 9.84 Å². The molecule has 6 nitrogen and oxygen atoms in total. The van der Waals surface area contributed by atoms with E-state index < -0.39 is 6.10 Å². The molecule has 1 aliphatic rings. The lowest BCUT2D eigenvalue weighted by Gasteiger charge is -2.32. The van der Waals surface area contributed by atoms with E-state index in [1.54, 1.807) is 19.4 Å². The number of hydrogen-bond donors (Lipinski definition) is 1. The molecule has 0 radical (unpaired) electrons. The molecule has 2 heterocycles. The summed E-state index contributed by atoms with van der Waals surface area (Å²) in [6.45, 7) is 4.02. The average molecular weight is 295 g/mol. The van der Waals surface area contributed by atoms with Gasteiger partial charge in [-0.2, -0.15) is 5.10 Å². The van der Waals surface area contributed by atoms with Gasteiger partial charge < -0.3 is 14.7 Å². The predicted octanol–water partition coefficient (Wildman–Crippen LogP) is 1.02. The minimum Gasteiger partial charge on any atom is -0.391 e. The van der Waals surface area contributed by atoms with Crippen LogP contribution in [0.1, 0.15) is 32.6 Å². The van der Waals surface area contributed by atoms with Crippen LogP contribution in [0.3, 0.4) is 0 Å². The van der Waals surface area contributed by atoms with Crippen LogP contribution in [0.25, 0.3) is 0 Å². The van der Waals surface area contributed by atoms with E-state index in [0.717, 1.165) is 38.0 Å². The van der Waals surface area contributed by atoms with Crippen molar-refractivity contribution in [2.75, 3.05) is 25.1 Å². The molecule has 0 aromatic carbocycles. The molecule has 1 aliphatic heterocycles. The van der Waals surface area contributed by atoms with Crippen LogP contribution in [0.15, 0.2) is 17.1 Å². The monoisotopic (exact) mass is 295 g/mol. The van der Waals surface area contributed by atoms with Crippen LogP contribution in [0.5, 0.6) is 0 Å². The minimum absolute atomic E-state index is 0.156. The molecule has 1 N–H and O–H groups in total. The zero-order valence-electron chi connectivity index (χ0n) is 12.9. The first-order valence-corrected chi connectivity index (χ1v) is 7.67. The maximum Gasteiger partial charge on any atom is 0.268 e. The molecule has 1 unspecified atom stereocenters. The molecule has 118 valence electrons. The number of anilines is 1. The number of piperidine rings is 1. The third kappa shape index (κ3) is 4.28. The zero-order valence-corrected chi connectivity index (χ0v) is 12.9. The Bertz CT molecular complexity index is 495. The molecular weight excluding hydrogens is 270 g/mol. The topological polar surface area (TPSA) is 67.6 Å². The lowest BCUT2D eigenvalue weighted by molar-refractivity contribution is 0.0819. The van der Waals surface area contributed by atoms with Gasteiger partial charge >= 0.3 is 0 Å². The summed E-state index contributed by atoms with van der Waals surface area (Å²) < 4.78 is 6.69. The molecule has 0 saturated carbocycles. The first kappa shape index (κ1) is 16.0. The van der Waals surface area contributed by atoms with Crippen molar-refractivity contribution in [2.24, 2.45) is 0 Å². The SMILES string of the molecule is CCCC(O)Cn1ncc(N2CCC(OC)CC2)cc1=O.